The van der Waals surface area contributed by atoms with Crippen molar-refractivity contribution in [2.75, 3.05) is 4.90 Å². The molecule has 2 aliphatic rings. The van der Waals surface area contributed by atoms with Crippen molar-refractivity contribution in [1.29, 1.82) is 0 Å². The Hall–Kier alpha value is -6.96. The fraction of sp³-hybridized carbons (Fsp3) is 0.0714. The van der Waals surface area contributed by atoms with E-state index in [1.807, 2.05) is 0 Å². The van der Waals surface area contributed by atoms with Crippen molar-refractivity contribution < 1.29 is 0 Å². The fourth-order valence-electron chi connectivity index (χ4n) is 10.0. The smallest absolute Gasteiger partial charge is 0.0714 e. The standard InChI is InChI=1S/C56H41N/c1-55(2)52-35-41(40-27-26-38-16-12-13-17-39(38)34-40)28-31-48(52)49-32-29-45(36-53(49)55)57(44-22-10-5-11-23-44)46-30-33-50-47-24-14-15-25-51(47)56(54(50)37-46,42-18-6-3-7-19-42)43-20-8-4-9-21-43/h3-37H,1-2H3. The molecule has 0 fully saturated rings. The lowest BCUT2D eigenvalue weighted by molar-refractivity contribution is 0.660. The molecule has 0 heterocycles. The van der Waals surface area contributed by atoms with Gasteiger partial charge in [0.25, 0.3) is 0 Å². The number of rotatable bonds is 6. The normalized spacial score (nSPS) is 14.1. The molecule has 11 rings (SSSR count). The predicted molar refractivity (Wildman–Crippen MR) is 239 cm³/mol. The van der Waals surface area contributed by atoms with E-state index in [-0.39, 0.29) is 5.41 Å². The zero-order valence-corrected chi connectivity index (χ0v) is 32.2. The predicted octanol–water partition coefficient (Wildman–Crippen LogP) is 14.6. The van der Waals surface area contributed by atoms with Crippen molar-refractivity contribution in [2.45, 2.75) is 24.7 Å². The second kappa shape index (κ2) is 12.8. The van der Waals surface area contributed by atoms with E-state index in [4.69, 9.17) is 0 Å². The highest BCUT2D eigenvalue weighted by Gasteiger charge is 2.46. The van der Waals surface area contributed by atoms with Crippen LogP contribution in [0.1, 0.15) is 47.2 Å². The van der Waals surface area contributed by atoms with Crippen LogP contribution in [0.4, 0.5) is 17.1 Å². The van der Waals surface area contributed by atoms with E-state index in [2.05, 4.69) is 231 Å². The Labute approximate surface area is 335 Å². The first-order valence-corrected chi connectivity index (χ1v) is 20.0. The molecule has 0 unspecified atom stereocenters. The first kappa shape index (κ1) is 33.4. The maximum Gasteiger partial charge on any atom is 0.0714 e. The van der Waals surface area contributed by atoms with Gasteiger partial charge < -0.3 is 4.90 Å². The van der Waals surface area contributed by atoms with E-state index < -0.39 is 5.41 Å². The Bertz CT molecular complexity index is 2940. The molecule has 9 aromatic carbocycles. The first-order valence-electron chi connectivity index (χ1n) is 20.0. The second-order valence-electron chi connectivity index (χ2n) is 16.1. The van der Waals surface area contributed by atoms with Gasteiger partial charge in [0.05, 0.1) is 5.41 Å². The third-order valence-electron chi connectivity index (χ3n) is 12.7. The summed E-state index contributed by atoms with van der Waals surface area (Å²) in [6.07, 6.45) is 0. The minimum atomic E-state index is -0.475. The Kier molecular flexibility index (Phi) is 7.50. The van der Waals surface area contributed by atoms with Gasteiger partial charge in [-0.3, -0.25) is 0 Å². The van der Waals surface area contributed by atoms with Crippen molar-refractivity contribution >= 4 is 27.8 Å². The lowest BCUT2D eigenvalue weighted by atomic mass is 9.67. The second-order valence-corrected chi connectivity index (χ2v) is 16.1. The Morgan fingerprint density at radius 2 is 0.789 bits per heavy atom. The highest BCUT2D eigenvalue weighted by Crippen LogP contribution is 2.58. The number of benzene rings is 9. The quantitative estimate of drug-likeness (QED) is 0.165. The summed E-state index contributed by atoms with van der Waals surface area (Å²) in [4.78, 5) is 2.45. The molecular weight excluding hydrogens is 687 g/mol. The largest absolute Gasteiger partial charge is 0.310 e. The minimum Gasteiger partial charge on any atom is -0.310 e. The zero-order valence-electron chi connectivity index (χ0n) is 32.2. The summed E-state index contributed by atoms with van der Waals surface area (Å²) < 4.78 is 0. The highest BCUT2D eigenvalue weighted by atomic mass is 15.1. The van der Waals surface area contributed by atoms with Crippen LogP contribution < -0.4 is 4.90 Å². The Morgan fingerprint density at radius 1 is 0.316 bits per heavy atom. The summed E-state index contributed by atoms with van der Waals surface area (Å²) in [5.74, 6) is 0. The average molecular weight is 728 g/mol. The van der Waals surface area contributed by atoms with E-state index in [1.54, 1.807) is 0 Å². The maximum absolute atomic E-state index is 2.46. The lowest BCUT2D eigenvalue weighted by Crippen LogP contribution is -2.28. The number of para-hydroxylation sites is 1. The summed E-state index contributed by atoms with van der Waals surface area (Å²) in [5.41, 5.74) is 18.3. The molecule has 0 bridgehead atoms. The van der Waals surface area contributed by atoms with E-state index in [9.17, 15) is 0 Å². The van der Waals surface area contributed by atoms with Gasteiger partial charge in [-0.15, -0.1) is 0 Å². The molecule has 0 saturated carbocycles. The molecule has 2 aliphatic carbocycles. The van der Waals surface area contributed by atoms with Gasteiger partial charge >= 0.3 is 0 Å². The summed E-state index contributed by atoms with van der Waals surface area (Å²) in [6, 6.07) is 78.7. The van der Waals surface area contributed by atoms with Crippen molar-refractivity contribution in [3.05, 3.63) is 246 Å². The molecule has 0 amide bonds. The molecule has 0 atom stereocenters. The van der Waals surface area contributed by atoms with Gasteiger partial charge in [0, 0.05) is 22.5 Å². The lowest BCUT2D eigenvalue weighted by Gasteiger charge is -2.35. The molecule has 1 nitrogen and oxygen atoms in total. The first-order chi connectivity index (χ1) is 28.0. The summed E-state index contributed by atoms with van der Waals surface area (Å²) in [5, 5.41) is 2.54. The molecule has 0 N–H and O–H groups in total. The van der Waals surface area contributed by atoms with E-state index in [1.165, 1.54) is 77.5 Å². The van der Waals surface area contributed by atoms with Crippen LogP contribution in [0.3, 0.4) is 0 Å². The number of anilines is 3. The molecule has 0 saturated heterocycles. The highest BCUT2D eigenvalue weighted by molar-refractivity contribution is 5.92. The molecule has 0 aliphatic heterocycles. The minimum absolute atomic E-state index is 0.189. The number of fused-ring (bicyclic) bond motifs is 7. The number of hydrogen-bond acceptors (Lipinski definition) is 1. The van der Waals surface area contributed by atoms with Gasteiger partial charge in [-0.25, -0.2) is 0 Å². The van der Waals surface area contributed by atoms with Crippen molar-refractivity contribution in [2.24, 2.45) is 0 Å². The van der Waals surface area contributed by atoms with Crippen LogP contribution in [-0.4, -0.2) is 0 Å². The van der Waals surface area contributed by atoms with Crippen LogP contribution in [0.25, 0.3) is 44.2 Å². The van der Waals surface area contributed by atoms with Crippen LogP contribution in [0, 0.1) is 0 Å². The number of hydrogen-bond donors (Lipinski definition) is 0. The van der Waals surface area contributed by atoms with Gasteiger partial charge in [-0.2, -0.15) is 0 Å². The molecule has 0 radical (unpaired) electrons. The Balaban J connectivity index is 1.07. The molecule has 0 spiro atoms. The van der Waals surface area contributed by atoms with Gasteiger partial charge in [0.15, 0.2) is 0 Å². The van der Waals surface area contributed by atoms with Gasteiger partial charge in [0.1, 0.15) is 0 Å². The van der Waals surface area contributed by atoms with Crippen molar-refractivity contribution in [3.8, 4) is 33.4 Å². The zero-order chi connectivity index (χ0) is 38.1. The monoisotopic (exact) mass is 727 g/mol. The average Bonchev–Trinajstić information content (AvgIpc) is 3.69. The number of nitrogens with zero attached hydrogens (tertiary/aromatic N) is 1. The summed E-state index contributed by atoms with van der Waals surface area (Å²) >= 11 is 0. The van der Waals surface area contributed by atoms with Gasteiger partial charge in [-0.1, -0.05) is 178 Å². The van der Waals surface area contributed by atoms with E-state index >= 15 is 0 Å². The molecule has 9 aromatic rings. The maximum atomic E-state index is 2.46. The van der Waals surface area contributed by atoms with Crippen LogP contribution in [0.2, 0.25) is 0 Å². The molecule has 57 heavy (non-hydrogen) atoms. The van der Waals surface area contributed by atoms with E-state index in [0.717, 1.165) is 17.1 Å². The van der Waals surface area contributed by atoms with Crippen LogP contribution in [-0.2, 0) is 10.8 Å². The van der Waals surface area contributed by atoms with E-state index in [0.29, 0.717) is 0 Å². The topological polar surface area (TPSA) is 3.24 Å². The van der Waals surface area contributed by atoms with Crippen LogP contribution >= 0.6 is 0 Å². The molecular formula is C56H41N. The molecule has 270 valence electrons. The SMILES string of the molecule is CC1(C)c2cc(-c3ccc4ccccc4c3)ccc2-c2ccc(N(c3ccccc3)c3ccc4c(c3)C(c3ccccc3)(c3ccccc3)c3ccccc3-4)cc21. The van der Waals surface area contributed by atoms with Crippen molar-refractivity contribution in [3.63, 3.8) is 0 Å². The Morgan fingerprint density at radius 3 is 1.47 bits per heavy atom. The third kappa shape index (κ3) is 5.02. The summed E-state index contributed by atoms with van der Waals surface area (Å²) in [7, 11) is 0. The molecule has 0 aromatic heterocycles. The van der Waals surface area contributed by atoms with Crippen molar-refractivity contribution in [1.82, 2.24) is 0 Å². The summed E-state index contributed by atoms with van der Waals surface area (Å²) in [6.45, 7) is 4.78. The fourth-order valence-corrected chi connectivity index (χ4v) is 10.0. The molecule has 1 heteroatoms. The van der Waals surface area contributed by atoms with Gasteiger partial charge in [-0.05, 0) is 126 Å². The van der Waals surface area contributed by atoms with Crippen LogP contribution in [0.15, 0.2) is 212 Å². The third-order valence-corrected chi connectivity index (χ3v) is 12.7. The van der Waals surface area contributed by atoms with Crippen LogP contribution in [0.5, 0.6) is 0 Å². The van der Waals surface area contributed by atoms with Gasteiger partial charge in [0.2, 0.25) is 0 Å².